The number of fused-ring (bicyclic) bond motifs is 1. The molecule has 0 aliphatic heterocycles. The van der Waals surface area contributed by atoms with E-state index >= 15 is 0 Å². The molecule has 0 radical (unpaired) electrons. The fourth-order valence-electron chi connectivity index (χ4n) is 3.93. The fourth-order valence-corrected chi connectivity index (χ4v) is 3.93. The van der Waals surface area contributed by atoms with Gasteiger partial charge in [0.15, 0.2) is 0 Å². The number of phenolic OH excluding ortho intramolecular Hbond substituents is 1. The number of phenols is 1. The number of nitrogens with zero attached hydrogens (tertiary/aromatic N) is 2. The highest BCUT2D eigenvalue weighted by Gasteiger charge is 2.23. The minimum Gasteiger partial charge on any atom is -0.507 e. The van der Waals surface area contributed by atoms with Gasteiger partial charge in [0.05, 0.1) is 5.56 Å². The van der Waals surface area contributed by atoms with Gasteiger partial charge in [-0.05, 0) is 51.6 Å². The van der Waals surface area contributed by atoms with Crippen molar-refractivity contribution in [2.75, 3.05) is 0 Å². The number of aromatic nitrogens is 2. The first-order valence-corrected chi connectivity index (χ1v) is 10.7. The molecule has 1 aromatic heterocycles. The van der Waals surface area contributed by atoms with Crippen molar-refractivity contribution < 1.29 is 9.63 Å². The molecule has 5 aromatic rings. The van der Waals surface area contributed by atoms with E-state index in [1.807, 2.05) is 60.7 Å². The van der Waals surface area contributed by atoms with E-state index in [1.54, 1.807) is 0 Å². The van der Waals surface area contributed by atoms with E-state index in [1.165, 1.54) is 0 Å². The SMILES string of the molecule is CC(C)(C)c1cc(-c2noc(-c3ccccc3)n2)c(O)c(-c2cccc3ccccc23)c1. The molecule has 4 heteroatoms. The van der Waals surface area contributed by atoms with E-state index in [0.29, 0.717) is 17.3 Å². The maximum atomic E-state index is 11.4. The number of rotatable bonds is 3. The Hall–Kier alpha value is -3.92. The van der Waals surface area contributed by atoms with Gasteiger partial charge in [0.25, 0.3) is 5.89 Å². The van der Waals surface area contributed by atoms with Gasteiger partial charge in [0.2, 0.25) is 5.82 Å². The maximum absolute atomic E-state index is 11.4. The highest BCUT2D eigenvalue weighted by molar-refractivity contribution is 5.99. The summed E-state index contributed by atoms with van der Waals surface area (Å²) < 4.78 is 5.53. The zero-order chi connectivity index (χ0) is 22.3. The Balaban J connectivity index is 1.74. The smallest absolute Gasteiger partial charge is 0.258 e. The van der Waals surface area contributed by atoms with Crippen molar-refractivity contribution in [2.24, 2.45) is 0 Å². The molecule has 0 fully saturated rings. The lowest BCUT2D eigenvalue weighted by atomic mass is 9.83. The quantitative estimate of drug-likeness (QED) is 0.334. The molecule has 4 nitrogen and oxygen atoms in total. The van der Waals surface area contributed by atoms with Crippen LogP contribution in [0.3, 0.4) is 0 Å². The third kappa shape index (κ3) is 3.54. The third-order valence-corrected chi connectivity index (χ3v) is 5.74. The molecule has 0 aliphatic rings. The van der Waals surface area contributed by atoms with Crippen molar-refractivity contribution in [3.63, 3.8) is 0 Å². The van der Waals surface area contributed by atoms with Crippen molar-refractivity contribution in [1.29, 1.82) is 0 Å². The van der Waals surface area contributed by atoms with E-state index in [-0.39, 0.29) is 11.2 Å². The topological polar surface area (TPSA) is 59.2 Å². The molecule has 0 saturated heterocycles. The lowest BCUT2D eigenvalue weighted by Gasteiger charge is -2.22. The van der Waals surface area contributed by atoms with Gasteiger partial charge in [-0.25, -0.2) is 0 Å². The van der Waals surface area contributed by atoms with E-state index < -0.39 is 0 Å². The molecule has 0 spiro atoms. The second kappa shape index (κ2) is 7.65. The molecule has 0 aliphatic carbocycles. The summed E-state index contributed by atoms with van der Waals surface area (Å²) >= 11 is 0. The molecule has 0 unspecified atom stereocenters. The van der Waals surface area contributed by atoms with Gasteiger partial charge in [-0.3, -0.25) is 0 Å². The Kier molecular flexibility index (Phi) is 4.78. The molecule has 5 rings (SSSR count). The Morgan fingerprint density at radius 1 is 0.750 bits per heavy atom. The Labute approximate surface area is 187 Å². The number of benzene rings is 4. The van der Waals surface area contributed by atoms with Gasteiger partial charge in [-0.1, -0.05) is 86.6 Å². The van der Waals surface area contributed by atoms with Crippen LogP contribution in [0.2, 0.25) is 0 Å². The molecule has 32 heavy (non-hydrogen) atoms. The first-order valence-electron chi connectivity index (χ1n) is 10.7. The van der Waals surface area contributed by atoms with Gasteiger partial charge in [-0.2, -0.15) is 4.98 Å². The van der Waals surface area contributed by atoms with Crippen molar-refractivity contribution in [2.45, 2.75) is 26.2 Å². The predicted molar refractivity (Wildman–Crippen MR) is 128 cm³/mol. The minimum absolute atomic E-state index is 0.131. The number of hydrogen-bond acceptors (Lipinski definition) is 4. The normalized spacial score (nSPS) is 11.7. The van der Waals surface area contributed by atoms with Crippen molar-refractivity contribution in [1.82, 2.24) is 10.1 Å². The molecule has 0 bridgehead atoms. The van der Waals surface area contributed by atoms with E-state index in [2.05, 4.69) is 55.2 Å². The standard InChI is InChI=1S/C28H24N2O2/c1-28(2,3)20-16-23(22-15-9-13-18-10-7-8-14-21(18)22)25(31)24(17-20)26-29-27(32-30-26)19-11-5-4-6-12-19/h4-17,31H,1-3H3. The summed E-state index contributed by atoms with van der Waals surface area (Å²) in [6.07, 6.45) is 0. The van der Waals surface area contributed by atoms with Crippen LogP contribution >= 0.6 is 0 Å². The first-order chi connectivity index (χ1) is 15.4. The van der Waals surface area contributed by atoms with Crippen LogP contribution in [0.5, 0.6) is 5.75 Å². The molecular formula is C28H24N2O2. The van der Waals surface area contributed by atoms with Gasteiger partial charge in [0, 0.05) is 11.1 Å². The van der Waals surface area contributed by atoms with Crippen LogP contribution in [0.25, 0.3) is 44.7 Å². The van der Waals surface area contributed by atoms with Crippen molar-refractivity contribution in [3.05, 3.63) is 90.5 Å². The molecule has 1 N–H and O–H groups in total. The monoisotopic (exact) mass is 420 g/mol. The van der Waals surface area contributed by atoms with Crippen LogP contribution in [0.4, 0.5) is 0 Å². The highest BCUT2D eigenvalue weighted by Crippen LogP contribution is 2.43. The average Bonchev–Trinajstić information content (AvgIpc) is 3.29. The van der Waals surface area contributed by atoms with E-state index in [0.717, 1.165) is 33.0 Å². The van der Waals surface area contributed by atoms with Gasteiger partial charge in [0.1, 0.15) is 5.75 Å². The molecule has 4 aromatic carbocycles. The summed E-state index contributed by atoms with van der Waals surface area (Å²) in [4.78, 5) is 4.59. The lowest BCUT2D eigenvalue weighted by Crippen LogP contribution is -2.11. The molecule has 158 valence electrons. The lowest BCUT2D eigenvalue weighted by molar-refractivity contribution is 0.431. The molecule has 0 amide bonds. The Morgan fingerprint density at radius 2 is 1.44 bits per heavy atom. The van der Waals surface area contributed by atoms with Gasteiger partial charge >= 0.3 is 0 Å². The molecule has 0 saturated carbocycles. The summed E-state index contributed by atoms with van der Waals surface area (Å²) in [6, 6.07) is 28.0. The number of hydrogen-bond donors (Lipinski definition) is 1. The molecule has 1 heterocycles. The fraction of sp³-hybridized carbons (Fsp3) is 0.143. The zero-order valence-electron chi connectivity index (χ0n) is 18.3. The summed E-state index contributed by atoms with van der Waals surface area (Å²) in [5, 5.41) is 17.8. The summed E-state index contributed by atoms with van der Waals surface area (Å²) in [6.45, 7) is 6.46. The van der Waals surface area contributed by atoms with Gasteiger partial charge in [-0.15, -0.1) is 0 Å². The summed E-state index contributed by atoms with van der Waals surface area (Å²) in [5.74, 6) is 0.941. The summed E-state index contributed by atoms with van der Waals surface area (Å²) in [7, 11) is 0. The van der Waals surface area contributed by atoms with Crippen molar-refractivity contribution in [3.8, 4) is 39.7 Å². The second-order valence-electron chi connectivity index (χ2n) is 8.99. The van der Waals surface area contributed by atoms with Crippen LogP contribution in [0, 0.1) is 0 Å². The molecular weight excluding hydrogens is 396 g/mol. The second-order valence-corrected chi connectivity index (χ2v) is 8.99. The summed E-state index contributed by atoms with van der Waals surface area (Å²) in [5.41, 5.74) is 4.08. The van der Waals surface area contributed by atoms with Crippen molar-refractivity contribution >= 4 is 10.8 Å². The molecule has 0 atom stereocenters. The predicted octanol–water partition coefficient (Wildman–Crippen LogP) is 7.23. The highest BCUT2D eigenvalue weighted by atomic mass is 16.5. The van der Waals surface area contributed by atoms with E-state index in [4.69, 9.17) is 4.52 Å². The zero-order valence-corrected chi connectivity index (χ0v) is 18.3. The first kappa shape index (κ1) is 20.0. The van der Waals surface area contributed by atoms with Crippen LogP contribution in [-0.4, -0.2) is 15.2 Å². The van der Waals surface area contributed by atoms with Crippen LogP contribution in [0.1, 0.15) is 26.3 Å². The van der Waals surface area contributed by atoms with Crippen LogP contribution in [-0.2, 0) is 5.41 Å². The average molecular weight is 421 g/mol. The number of aromatic hydroxyl groups is 1. The maximum Gasteiger partial charge on any atom is 0.258 e. The van der Waals surface area contributed by atoms with E-state index in [9.17, 15) is 5.11 Å². The minimum atomic E-state index is -0.131. The largest absolute Gasteiger partial charge is 0.507 e. The Morgan fingerprint density at radius 3 is 2.22 bits per heavy atom. The van der Waals surface area contributed by atoms with Gasteiger partial charge < -0.3 is 9.63 Å². The van der Waals surface area contributed by atoms with Crippen LogP contribution < -0.4 is 0 Å². The Bertz CT molecular complexity index is 1410. The third-order valence-electron chi connectivity index (χ3n) is 5.74. The van der Waals surface area contributed by atoms with Crippen LogP contribution in [0.15, 0.2) is 89.5 Å².